The number of halogens is 2. The molecule has 0 aromatic carbocycles. The lowest BCUT2D eigenvalue weighted by Gasteiger charge is -2.40. The molecule has 1 aromatic heterocycles. The first-order valence-electron chi connectivity index (χ1n) is 10.9. The maximum absolute atomic E-state index is 13.0. The van der Waals surface area contributed by atoms with Gasteiger partial charge < -0.3 is 19.9 Å². The number of rotatable bonds is 6. The molecule has 0 radical (unpaired) electrons. The molecule has 3 rings (SSSR count). The van der Waals surface area contributed by atoms with Crippen molar-refractivity contribution in [2.24, 2.45) is 10.9 Å². The highest BCUT2D eigenvalue weighted by Gasteiger charge is 2.35. The van der Waals surface area contributed by atoms with Gasteiger partial charge in [0.2, 0.25) is 0 Å². The van der Waals surface area contributed by atoms with Crippen molar-refractivity contribution >= 4 is 12.1 Å². The Morgan fingerprint density at radius 3 is 2.55 bits per heavy atom. The molecule has 0 spiro atoms. The molecule has 31 heavy (non-hydrogen) atoms. The fourth-order valence-electron chi connectivity index (χ4n) is 3.81. The molecule has 1 amide bonds. The van der Waals surface area contributed by atoms with Crippen molar-refractivity contribution in [3.8, 4) is 0 Å². The van der Waals surface area contributed by atoms with Crippen LogP contribution in [0.3, 0.4) is 0 Å². The van der Waals surface area contributed by atoms with Gasteiger partial charge in [0.15, 0.2) is 5.96 Å². The molecule has 2 heterocycles. The number of piperidine rings is 1. The van der Waals surface area contributed by atoms with Crippen LogP contribution in [-0.4, -0.2) is 69.7 Å². The average molecular weight is 441 g/mol. The van der Waals surface area contributed by atoms with Gasteiger partial charge in [-0.05, 0) is 52.4 Å². The van der Waals surface area contributed by atoms with Crippen LogP contribution in [0.4, 0.5) is 13.6 Å². The number of ether oxygens (including phenoxy) is 1. The molecule has 0 atom stereocenters. The van der Waals surface area contributed by atoms with Crippen molar-refractivity contribution in [1.29, 1.82) is 0 Å². The molecular formula is C21H34F2N6O2. The van der Waals surface area contributed by atoms with Crippen LogP contribution >= 0.6 is 0 Å². The van der Waals surface area contributed by atoms with Crippen molar-refractivity contribution in [1.82, 2.24) is 24.7 Å². The monoisotopic (exact) mass is 440 g/mol. The molecule has 1 saturated heterocycles. The molecule has 0 bridgehead atoms. The van der Waals surface area contributed by atoms with Gasteiger partial charge in [-0.1, -0.05) is 0 Å². The number of aromatic nitrogens is 2. The number of alkyl halides is 2. The predicted molar refractivity (Wildman–Crippen MR) is 114 cm³/mol. The summed E-state index contributed by atoms with van der Waals surface area (Å²) < 4.78 is 32.5. The second-order valence-corrected chi connectivity index (χ2v) is 9.22. The van der Waals surface area contributed by atoms with Gasteiger partial charge in [-0.15, -0.1) is 0 Å². The molecule has 174 valence electrons. The van der Waals surface area contributed by atoms with Crippen LogP contribution < -0.4 is 5.32 Å². The lowest BCUT2D eigenvalue weighted by Crippen LogP contribution is -2.52. The van der Waals surface area contributed by atoms with Crippen molar-refractivity contribution < 1.29 is 18.3 Å². The minimum atomic E-state index is -2.62. The highest BCUT2D eigenvalue weighted by Crippen LogP contribution is 2.32. The quantitative estimate of drug-likeness (QED) is 0.542. The Morgan fingerprint density at radius 1 is 1.32 bits per heavy atom. The number of imidazole rings is 1. The Kier molecular flexibility index (Phi) is 7.38. The lowest BCUT2D eigenvalue weighted by atomic mass is 10.0. The number of nitrogens with one attached hydrogen (secondary N) is 1. The first kappa shape index (κ1) is 23.3. The predicted octanol–water partition coefficient (Wildman–Crippen LogP) is 3.47. The molecule has 2 aliphatic rings. The number of amides is 1. The van der Waals surface area contributed by atoms with E-state index in [0.717, 1.165) is 37.0 Å². The summed E-state index contributed by atoms with van der Waals surface area (Å²) in [7, 11) is 1.67. The molecule has 10 heteroatoms. The molecule has 1 N–H and O–H groups in total. The molecule has 2 fully saturated rings. The SMILES string of the molecule is CN=C(NCc1nccn1C(F)F)N1CCC(N(CC2CC2)C(=O)OC(C)(C)C)CC1. The summed E-state index contributed by atoms with van der Waals surface area (Å²) in [4.78, 5) is 25.1. The summed E-state index contributed by atoms with van der Waals surface area (Å²) in [6, 6.07) is 0.127. The topological polar surface area (TPSA) is 75.0 Å². The van der Waals surface area contributed by atoms with E-state index >= 15 is 0 Å². The number of hydrogen-bond donors (Lipinski definition) is 1. The molecule has 8 nitrogen and oxygen atoms in total. The second kappa shape index (κ2) is 9.82. The summed E-state index contributed by atoms with van der Waals surface area (Å²) in [5.74, 6) is 1.48. The van der Waals surface area contributed by atoms with Crippen LogP contribution in [-0.2, 0) is 11.3 Å². The fraction of sp³-hybridized carbons (Fsp3) is 0.762. The minimum absolute atomic E-state index is 0.127. The standard InChI is InChI=1S/C21H34F2N6O2/c1-21(2,3)31-20(30)29(14-15-5-6-15)16-7-10-27(11-8-16)19(24-4)26-13-17-25-9-12-28(17)18(22)23/h9,12,15-16,18H,5-8,10-11,13-14H2,1-4H3,(H,24,26). The Bertz CT molecular complexity index is 764. The molecule has 0 unspecified atom stereocenters. The minimum Gasteiger partial charge on any atom is -0.444 e. The Labute approximate surface area is 182 Å². The third kappa shape index (κ3) is 6.54. The van der Waals surface area contributed by atoms with Gasteiger partial charge in [-0.2, -0.15) is 8.78 Å². The van der Waals surface area contributed by atoms with E-state index in [0.29, 0.717) is 11.9 Å². The van der Waals surface area contributed by atoms with Crippen LogP contribution in [0, 0.1) is 5.92 Å². The van der Waals surface area contributed by atoms with E-state index in [1.807, 2.05) is 25.7 Å². The third-order valence-electron chi connectivity index (χ3n) is 5.56. The van der Waals surface area contributed by atoms with Gasteiger partial charge in [-0.3, -0.25) is 9.56 Å². The van der Waals surface area contributed by atoms with Gasteiger partial charge in [0, 0.05) is 45.1 Å². The van der Waals surface area contributed by atoms with Crippen LogP contribution in [0.2, 0.25) is 0 Å². The average Bonchev–Trinajstić information content (AvgIpc) is 3.40. The lowest BCUT2D eigenvalue weighted by molar-refractivity contribution is 0.00925. The highest BCUT2D eigenvalue weighted by molar-refractivity contribution is 5.80. The largest absolute Gasteiger partial charge is 0.444 e. The normalized spacial score (nSPS) is 18.4. The summed E-state index contributed by atoms with van der Waals surface area (Å²) in [6.07, 6.45) is 6.34. The van der Waals surface area contributed by atoms with E-state index in [2.05, 4.69) is 20.2 Å². The molecule has 1 saturated carbocycles. The van der Waals surface area contributed by atoms with Crippen LogP contribution in [0.25, 0.3) is 0 Å². The number of aliphatic imine (C=N–C) groups is 1. The van der Waals surface area contributed by atoms with Gasteiger partial charge in [0.1, 0.15) is 11.4 Å². The smallest absolute Gasteiger partial charge is 0.410 e. The maximum atomic E-state index is 13.0. The summed E-state index contributed by atoms with van der Waals surface area (Å²) in [5, 5.41) is 3.13. The van der Waals surface area contributed by atoms with Crippen molar-refractivity contribution in [2.75, 3.05) is 26.7 Å². The number of guanidine groups is 1. The van der Waals surface area contributed by atoms with Crippen molar-refractivity contribution in [3.63, 3.8) is 0 Å². The molecule has 1 aliphatic heterocycles. The highest BCUT2D eigenvalue weighted by atomic mass is 19.3. The van der Waals surface area contributed by atoms with Gasteiger partial charge in [0.05, 0.1) is 6.54 Å². The summed E-state index contributed by atoms with van der Waals surface area (Å²) >= 11 is 0. The van der Waals surface area contributed by atoms with E-state index in [1.54, 1.807) is 7.05 Å². The zero-order chi connectivity index (χ0) is 22.6. The van der Waals surface area contributed by atoms with E-state index < -0.39 is 12.2 Å². The number of likely N-dealkylation sites (tertiary alicyclic amines) is 1. The molecule has 1 aliphatic carbocycles. The van der Waals surface area contributed by atoms with E-state index in [-0.39, 0.29) is 24.5 Å². The van der Waals surface area contributed by atoms with E-state index in [4.69, 9.17) is 4.74 Å². The van der Waals surface area contributed by atoms with Crippen molar-refractivity contribution in [3.05, 3.63) is 18.2 Å². The Hall–Kier alpha value is -2.39. The van der Waals surface area contributed by atoms with Gasteiger partial charge >= 0.3 is 12.6 Å². The number of carbonyl (C=O) groups is 1. The molecule has 1 aromatic rings. The number of hydrogen-bond acceptors (Lipinski definition) is 4. The zero-order valence-electron chi connectivity index (χ0n) is 18.9. The summed E-state index contributed by atoms with van der Waals surface area (Å²) in [5.41, 5.74) is -0.518. The van der Waals surface area contributed by atoms with Gasteiger partial charge in [-0.25, -0.2) is 9.78 Å². The zero-order valence-corrected chi connectivity index (χ0v) is 18.9. The van der Waals surface area contributed by atoms with Crippen LogP contribution in [0.15, 0.2) is 17.4 Å². The Morgan fingerprint density at radius 2 is 2.00 bits per heavy atom. The van der Waals surface area contributed by atoms with Gasteiger partial charge in [0.25, 0.3) is 0 Å². The van der Waals surface area contributed by atoms with E-state index in [1.165, 1.54) is 25.2 Å². The van der Waals surface area contributed by atoms with Crippen LogP contribution in [0.5, 0.6) is 0 Å². The second-order valence-electron chi connectivity index (χ2n) is 9.22. The fourth-order valence-corrected chi connectivity index (χ4v) is 3.81. The van der Waals surface area contributed by atoms with Crippen LogP contribution in [0.1, 0.15) is 58.8 Å². The first-order valence-corrected chi connectivity index (χ1v) is 10.9. The third-order valence-corrected chi connectivity index (χ3v) is 5.56. The summed E-state index contributed by atoms with van der Waals surface area (Å²) in [6.45, 7) is 5.39. The Balaban J connectivity index is 1.55. The maximum Gasteiger partial charge on any atom is 0.410 e. The van der Waals surface area contributed by atoms with Crippen molar-refractivity contribution in [2.45, 2.75) is 71.2 Å². The molecular weight excluding hydrogens is 406 g/mol. The first-order chi connectivity index (χ1) is 14.7. The number of carbonyl (C=O) groups excluding carboxylic acids is 1. The number of nitrogens with zero attached hydrogens (tertiary/aromatic N) is 5. The van der Waals surface area contributed by atoms with E-state index in [9.17, 15) is 13.6 Å².